The number of carboxylic acid groups (broad SMARTS) is 1. The molecule has 7 heteroatoms. The van der Waals surface area contributed by atoms with Crippen molar-refractivity contribution in [1.29, 1.82) is 0 Å². The van der Waals surface area contributed by atoms with Gasteiger partial charge in [-0.2, -0.15) is 0 Å². The number of ether oxygens (including phenoxy) is 1. The van der Waals surface area contributed by atoms with Gasteiger partial charge < -0.3 is 9.84 Å². The Morgan fingerprint density at radius 3 is 2.95 bits per heavy atom. The number of nitrogens with zero attached hydrogens (tertiary/aromatic N) is 1. The number of carbonyl (C=O) groups is 2. The number of anilines is 1. The lowest BCUT2D eigenvalue weighted by Gasteiger charge is -2.13. The van der Waals surface area contributed by atoms with Crippen LogP contribution >= 0.6 is 22.6 Å². The van der Waals surface area contributed by atoms with E-state index >= 15 is 0 Å². The predicted octanol–water partition coefficient (Wildman–Crippen LogP) is 2.62. The number of hydrogen-bond acceptors (Lipinski definition) is 3. The van der Waals surface area contributed by atoms with Crippen molar-refractivity contribution >= 4 is 40.3 Å². The Balaban J connectivity index is 2.07. The summed E-state index contributed by atoms with van der Waals surface area (Å²) in [7, 11) is 0. The highest BCUT2D eigenvalue weighted by Crippen LogP contribution is 2.25. The molecular weight excluding hydrogens is 368 g/mol. The summed E-state index contributed by atoms with van der Waals surface area (Å²) in [6.45, 7) is 0.242. The molecule has 1 saturated heterocycles. The first kappa shape index (κ1) is 14.0. The molecular formula is C12H11FINO4. The maximum Gasteiger partial charge on any atom is 0.414 e. The number of rotatable bonds is 4. The monoisotopic (exact) mass is 379 g/mol. The maximum absolute atomic E-state index is 13.4. The van der Waals surface area contributed by atoms with E-state index in [1.165, 1.54) is 11.0 Å². The summed E-state index contributed by atoms with van der Waals surface area (Å²) in [6.07, 6.45) is -0.848. The van der Waals surface area contributed by atoms with E-state index in [0.717, 1.165) is 0 Å². The number of cyclic esters (lactones) is 1. The minimum absolute atomic E-state index is 0.0627. The summed E-state index contributed by atoms with van der Waals surface area (Å²) < 4.78 is 19.0. The van der Waals surface area contributed by atoms with Gasteiger partial charge in [0.1, 0.15) is 11.9 Å². The van der Waals surface area contributed by atoms with Crippen molar-refractivity contribution in [2.24, 2.45) is 0 Å². The number of halogens is 2. The van der Waals surface area contributed by atoms with E-state index < -0.39 is 24.0 Å². The molecule has 0 saturated carbocycles. The quantitative estimate of drug-likeness (QED) is 0.817. The lowest BCUT2D eigenvalue weighted by Crippen LogP contribution is -2.24. The molecule has 0 radical (unpaired) electrons. The van der Waals surface area contributed by atoms with Crippen LogP contribution in [0.3, 0.4) is 0 Å². The molecule has 1 amide bonds. The molecule has 0 unspecified atom stereocenters. The van der Waals surface area contributed by atoms with E-state index in [4.69, 9.17) is 9.84 Å². The molecule has 1 aliphatic heterocycles. The third kappa shape index (κ3) is 3.34. The van der Waals surface area contributed by atoms with Gasteiger partial charge in [-0.15, -0.1) is 0 Å². The van der Waals surface area contributed by atoms with Crippen LogP contribution in [-0.2, 0) is 9.53 Å². The average molecular weight is 379 g/mol. The largest absolute Gasteiger partial charge is 0.481 e. The van der Waals surface area contributed by atoms with E-state index in [-0.39, 0.29) is 19.4 Å². The Morgan fingerprint density at radius 2 is 2.32 bits per heavy atom. The first-order chi connectivity index (χ1) is 8.97. The Labute approximate surface area is 122 Å². The van der Waals surface area contributed by atoms with E-state index in [1.807, 2.05) is 22.6 Å². The van der Waals surface area contributed by atoms with Crippen LogP contribution in [0.2, 0.25) is 0 Å². The van der Waals surface area contributed by atoms with Crippen molar-refractivity contribution in [3.05, 3.63) is 27.6 Å². The second kappa shape index (κ2) is 5.72. The Bertz CT molecular complexity index is 522. The van der Waals surface area contributed by atoms with Gasteiger partial charge in [0.2, 0.25) is 0 Å². The second-order valence-corrected chi connectivity index (χ2v) is 5.31. The van der Waals surface area contributed by atoms with Gasteiger partial charge in [-0.1, -0.05) is 0 Å². The summed E-state index contributed by atoms with van der Waals surface area (Å²) in [5, 5.41) is 8.59. The van der Waals surface area contributed by atoms with Crippen LogP contribution in [0.15, 0.2) is 18.2 Å². The van der Waals surface area contributed by atoms with E-state index in [2.05, 4.69) is 0 Å². The van der Waals surface area contributed by atoms with Crippen molar-refractivity contribution in [1.82, 2.24) is 0 Å². The van der Waals surface area contributed by atoms with Gasteiger partial charge in [-0.05, 0) is 47.2 Å². The smallest absolute Gasteiger partial charge is 0.414 e. The number of amides is 1. The van der Waals surface area contributed by atoms with Crippen molar-refractivity contribution in [3.63, 3.8) is 0 Å². The van der Waals surface area contributed by atoms with Crippen molar-refractivity contribution < 1.29 is 23.8 Å². The molecule has 1 aromatic carbocycles. The highest BCUT2D eigenvalue weighted by molar-refractivity contribution is 14.1. The maximum atomic E-state index is 13.4. The topological polar surface area (TPSA) is 66.8 Å². The van der Waals surface area contributed by atoms with Crippen LogP contribution in [0.25, 0.3) is 0 Å². The number of hydrogen-bond donors (Lipinski definition) is 1. The lowest BCUT2D eigenvalue weighted by atomic mass is 10.2. The molecule has 0 bridgehead atoms. The molecule has 0 aliphatic carbocycles. The molecule has 1 aliphatic rings. The lowest BCUT2D eigenvalue weighted by molar-refractivity contribution is -0.137. The van der Waals surface area contributed by atoms with Crippen LogP contribution < -0.4 is 4.90 Å². The van der Waals surface area contributed by atoms with Gasteiger partial charge in [0.15, 0.2) is 0 Å². The molecule has 102 valence electrons. The third-order valence-corrected chi connectivity index (χ3v) is 3.64. The van der Waals surface area contributed by atoms with Crippen LogP contribution in [-0.4, -0.2) is 29.8 Å². The van der Waals surface area contributed by atoms with E-state index in [0.29, 0.717) is 9.26 Å². The Morgan fingerprint density at radius 1 is 1.58 bits per heavy atom. The molecule has 0 aromatic heterocycles. The van der Waals surface area contributed by atoms with Crippen LogP contribution in [0.5, 0.6) is 0 Å². The van der Waals surface area contributed by atoms with Crippen molar-refractivity contribution in [3.8, 4) is 0 Å². The van der Waals surface area contributed by atoms with Crippen LogP contribution in [0.4, 0.5) is 14.9 Å². The number of carboxylic acids is 1. The fourth-order valence-electron chi connectivity index (χ4n) is 1.82. The summed E-state index contributed by atoms with van der Waals surface area (Å²) in [5.41, 5.74) is 0.417. The van der Waals surface area contributed by atoms with Gasteiger partial charge in [0.05, 0.1) is 12.2 Å². The van der Waals surface area contributed by atoms with Gasteiger partial charge in [-0.3, -0.25) is 9.69 Å². The molecule has 5 nitrogen and oxygen atoms in total. The highest BCUT2D eigenvalue weighted by atomic mass is 127. The Kier molecular flexibility index (Phi) is 4.23. The molecule has 19 heavy (non-hydrogen) atoms. The first-order valence-corrected chi connectivity index (χ1v) is 6.70. The van der Waals surface area contributed by atoms with Gasteiger partial charge in [-0.25, -0.2) is 9.18 Å². The average Bonchev–Trinajstić information content (AvgIpc) is 2.72. The fraction of sp³-hybridized carbons (Fsp3) is 0.333. The first-order valence-electron chi connectivity index (χ1n) is 5.62. The molecule has 0 spiro atoms. The molecule has 1 atom stereocenters. The summed E-state index contributed by atoms with van der Waals surface area (Å²) in [5.74, 6) is -1.34. The number of aliphatic carboxylic acids is 1. The van der Waals surface area contributed by atoms with Gasteiger partial charge in [0, 0.05) is 9.99 Å². The molecule has 1 heterocycles. The van der Waals surface area contributed by atoms with Gasteiger partial charge >= 0.3 is 12.1 Å². The molecule has 1 N–H and O–H groups in total. The highest BCUT2D eigenvalue weighted by Gasteiger charge is 2.32. The molecule has 1 aromatic rings. The Hall–Kier alpha value is -1.38. The van der Waals surface area contributed by atoms with E-state index in [1.54, 1.807) is 12.1 Å². The van der Waals surface area contributed by atoms with Gasteiger partial charge in [0.25, 0.3) is 0 Å². The summed E-state index contributed by atoms with van der Waals surface area (Å²) >= 11 is 1.86. The fourth-order valence-corrected chi connectivity index (χ4v) is 2.16. The SMILES string of the molecule is O=C(O)CC[C@@H]1CN(c2ccc(I)c(F)c2)C(=O)O1. The number of benzene rings is 1. The van der Waals surface area contributed by atoms with Crippen molar-refractivity contribution in [2.75, 3.05) is 11.4 Å². The molecule has 1 fully saturated rings. The minimum atomic E-state index is -0.935. The zero-order chi connectivity index (χ0) is 14.0. The zero-order valence-electron chi connectivity index (χ0n) is 9.81. The van der Waals surface area contributed by atoms with Crippen molar-refractivity contribution in [2.45, 2.75) is 18.9 Å². The predicted molar refractivity (Wildman–Crippen MR) is 73.6 cm³/mol. The molecule has 2 rings (SSSR count). The third-order valence-electron chi connectivity index (χ3n) is 2.77. The summed E-state index contributed by atoms with van der Waals surface area (Å²) in [6, 6.07) is 4.47. The normalized spacial score (nSPS) is 18.5. The number of carbonyl (C=O) groups excluding carboxylic acids is 1. The summed E-state index contributed by atoms with van der Waals surface area (Å²) in [4.78, 5) is 23.4. The minimum Gasteiger partial charge on any atom is -0.481 e. The van der Waals surface area contributed by atoms with Crippen LogP contribution in [0.1, 0.15) is 12.8 Å². The van der Waals surface area contributed by atoms with E-state index in [9.17, 15) is 14.0 Å². The van der Waals surface area contributed by atoms with Crippen LogP contribution in [0, 0.1) is 9.39 Å². The second-order valence-electron chi connectivity index (χ2n) is 4.15. The zero-order valence-corrected chi connectivity index (χ0v) is 12.0. The standard InChI is InChI=1S/C12H11FINO4/c13-9-5-7(1-3-10(9)14)15-6-8(19-12(15)18)2-4-11(16)17/h1,3,5,8H,2,4,6H2,(H,16,17)/t8-/m1/s1.